The normalized spacial score (nSPS) is 14.2. The fraction of sp³-hybridized carbons (Fsp3) is 0.211. The molecule has 4 rings (SSSR count). The molecule has 0 bridgehead atoms. The van der Waals surface area contributed by atoms with Crippen molar-refractivity contribution in [2.45, 2.75) is 19.5 Å². The number of nitrogen functional groups attached to an aromatic ring is 1. The first-order chi connectivity index (χ1) is 12.6. The van der Waals surface area contributed by atoms with E-state index in [1.807, 2.05) is 30.5 Å². The number of fused-ring (bicyclic) bond motifs is 1. The molecular formula is C19H17ClFN5. The van der Waals surface area contributed by atoms with Crippen LogP contribution < -0.4 is 5.73 Å². The maximum atomic E-state index is 13.9. The zero-order valence-electron chi connectivity index (χ0n) is 14.0. The van der Waals surface area contributed by atoms with E-state index in [0.717, 1.165) is 29.8 Å². The Bertz CT molecular complexity index is 945. The van der Waals surface area contributed by atoms with E-state index in [-0.39, 0.29) is 0 Å². The van der Waals surface area contributed by atoms with Gasteiger partial charge >= 0.3 is 0 Å². The summed E-state index contributed by atoms with van der Waals surface area (Å²) in [5.41, 5.74) is 9.98. The number of anilines is 1. The molecule has 132 valence electrons. The minimum Gasteiger partial charge on any atom is -0.399 e. The van der Waals surface area contributed by atoms with Gasteiger partial charge in [-0.2, -0.15) is 4.39 Å². The fourth-order valence-corrected chi connectivity index (χ4v) is 3.28. The van der Waals surface area contributed by atoms with Crippen LogP contribution in [0.2, 0.25) is 5.02 Å². The Morgan fingerprint density at radius 3 is 2.77 bits per heavy atom. The predicted octanol–water partition coefficient (Wildman–Crippen LogP) is 3.47. The van der Waals surface area contributed by atoms with Crippen molar-refractivity contribution < 1.29 is 4.39 Å². The van der Waals surface area contributed by atoms with Crippen LogP contribution in [0, 0.1) is 5.95 Å². The summed E-state index contributed by atoms with van der Waals surface area (Å²) in [5, 5.41) is 0.440. The van der Waals surface area contributed by atoms with Gasteiger partial charge in [-0.1, -0.05) is 11.6 Å². The highest BCUT2D eigenvalue weighted by molar-refractivity contribution is 6.30. The van der Waals surface area contributed by atoms with Gasteiger partial charge in [0.1, 0.15) is 0 Å². The van der Waals surface area contributed by atoms with Crippen molar-refractivity contribution in [3.05, 3.63) is 70.5 Å². The van der Waals surface area contributed by atoms with Crippen molar-refractivity contribution in [1.82, 2.24) is 19.9 Å². The largest absolute Gasteiger partial charge is 0.399 e. The van der Waals surface area contributed by atoms with Gasteiger partial charge < -0.3 is 5.73 Å². The zero-order chi connectivity index (χ0) is 18.1. The Kier molecular flexibility index (Phi) is 4.53. The van der Waals surface area contributed by atoms with E-state index in [9.17, 15) is 4.39 Å². The van der Waals surface area contributed by atoms with Gasteiger partial charge in [-0.05, 0) is 30.3 Å². The van der Waals surface area contributed by atoms with E-state index in [2.05, 4.69) is 14.9 Å². The highest BCUT2D eigenvalue weighted by atomic mass is 35.5. The van der Waals surface area contributed by atoms with E-state index in [4.69, 9.17) is 22.3 Å². The summed E-state index contributed by atoms with van der Waals surface area (Å²) >= 11 is 5.93. The number of aromatic nitrogens is 3. The Morgan fingerprint density at radius 2 is 1.96 bits per heavy atom. The lowest BCUT2D eigenvalue weighted by molar-refractivity contribution is 0.239. The van der Waals surface area contributed by atoms with E-state index in [0.29, 0.717) is 35.2 Å². The molecule has 3 aromatic rings. The molecule has 7 heteroatoms. The van der Waals surface area contributed by atoms with Crippen LogP contribution in [0.3, 0.4) is 0 Å². The molecule has 1 aliphatic rings. The van der Waals surface area contributed by atoms with Gasteiger partial charge in [0.2, 0.25) is 5.95 Å². The van der Waals surface area contributed by atoms with Gasteiger partial charge in [-0.3, -0.25) is 4.90 Å². The van der Waals surface area contributed by atoms with Gasteiger partial charge in [0.05, 0.1) is 10.7 Å². The summed E-state index contributed by atoms with van der Waals surface area (Å²) in [7, 11) is 0. The first kappa shape index (κ1) is 16.9. The molecule has 0 fully saturated rings. The molecule has 0 aliphatic carbocycles. The lowest BCUT2D eigenvalue weighted by Gasteiger charge is -2.28. The Hall–Kier alpha value is -2.57. The number of halogens is 2. The van der Waals surface area contributed by atoms with Crippen molar-refractivity contribution in [3.63, 3.8) is 0 Å². The van der Waals surface area contributed by atoms with Crippen molar-refractivity contribution in [2.75, 3.05) is 12.3 Å². The maximum absolute atomic E-state index is 13.9. The third-order valence-electron chi connectivity index (χ3n) is 4.45. The lowest BCUT2D eigenvalue weighted by Crippen LogP contribution is -2.31. The highest BCUT2D eigenvalue weighted by Gasteiger charge is 2.20. The van der Waals surface area contributed by atoms with Crippen molar-refractivity contribution in [2.24, 2.45) is 0 Å². The molecule has 0 spiro atoms. The second-order valence-electron chi connectivity index (χ2n) is 6.35. The number of pyridine rings is 1. The van der Waals surface area contributed by atoms with Crippen LogP contribution in [0.4, 0.5) is 10.1 Å². The predicted molar refractivity (Wildman–Crippen MR) is 98.9 cm³/mol. The third-order valence-corrected chi connectivity index (χ3v) is 4.66. The summed E-state index contributed by atoms with van der Waals surface area (Å²) in [5.74, 6) is 0.220. The molecule has 0 amide bonds. The van der Waals surface area contributed by atoms with Crippen LogP contribution in [-0.4, -0.2) is 26.4 Å². The third kappa shape index (κ3) is 3.52. The molecule has 0 radical (unpaired) electrons. The number of nitrogens with two attached hydrogens (primary N) is 1. The molecule has 1 aromatic carbocycles. The molecule has 2 N–H and O–H groups in total. The van der Waals surface area contributed by atoms with Crippen molar-refractivity contribution in [1.29, 1.82) is 0 Å². The van der Waals surface area contributed by atoms with Crippen LogP contribution in [0.25, 0.3) is 11.4 Å². The first-order valence-electron chi connectivity index (χ1n) is 8.31. The molecule has 3 heterocycles. The summed E-state index contributed by atoms with van der Waals surface area (Å²) in [4.78, 5) is 15.0. The van der Waals surface area contributed by atoms with Crippen LogP contribution in [0.5, 0.6) is 0 Å². The van der Waals surface area contributed by atoms with Crippen LogP contribution in [-0.2, 0) is 19.5 Å². The molecule has 0 saturated heterocycles. The molecule has 0 unspecified atom stereocenters. The monoisotopic (exact) mass is 369 g/mol. The van der Waals surface area contributed by atoms with E-state index in [1.54, 1.807) is 6.07 Å². The molecule has 0 atom stereocenters. The number of benzene rings is 1. The maximum Gasteiger partial charge on any atom is 0.217 e. The summed E-state index contributed by atoms with van der Waals surface area (Å²) < 4.78 is 13.9. The van der Waals surface area contributed by atoms with Crippen LogP contribution in [0.1, 0.15) is 16.8 Å². The second-order valence-corrected chi connectivity index (χ2v) is 6.79. The minimum atomic E-state index is -0.477. The number of hydrogen-bond acceptors (Lipinski definition) is 5. The SMILES string of the molecule is Nc1ccc(-c2ncc3c(n2)CCN(Cc2cc(Cl)cnc2F)C3)cc1. The topological polar surface area (TPSA) is 67.9 Å². The Morgan fingerprint density at radius 1 is 1.15 bits per heavy atom. The Labute approximate surface area is 155 Å². The van der Waals surface area contributed by atoms with Crippen molar-refractivity contribution in [3.8, 4) is 11.4 Å². The lowest BCUT2D eigenvalue weighted by atomic mass is 10.1. The number of hydrogen-bond donors (Lipinski definition) is 1. The standard InChI is InChI=1S/C19H17ClFN5/c20-15-7-13(18(21)23-9-15)10-26-6-5-17-14(11-26)8-24-19(25-17)12-1-3-16(22)4-2-12/h1-4,7-9H,5-6,10-11,22H2. The number of nitrogens with zero attached hydrogens (tertiary/aromatic N) is 4. The summed E-state index contributed by atoms with van der Waals surface area (Å²) in [6, 6.07) is 9.14. The smallest absolute Gasteiger partial charge is 0.217 e. The van der Waals surface area contributed by atoms with E-state index >= 15 is 0 Å². The highest BCUT2D eigenvalue weighted by Crippen LogP contribution is 2.23. The second kappa shape index (κ2) is 6.97. The average Bonchev–Trinajstić information content (AvgIpc) is 2.65. The molecule has 1 aliphatic heterocycles. The van der Waals surface area contributed by atoms with E-state index < -0.39 is 5.95 Å². The number of rotatable bonds is 3. The first-order valence-corrected chi connectivity index (χ1v) is 8.69. The minimum absolute atomic E-state index is 0.440. The van der Waals surface area contributed by atoms with Gasteiger partial charge in [0, 0.05) is 60.8 Å². The molecular weight excluding hydrogens is 353 g/mol. The van der Waals surface area contributed by atoms with Gasteiger partial charge in [-0.25, -0.2) is 15.0 Å². The zero-order valence-corrected chi connectivity index (χ0v) is 14.7. The van der Waals surface area contributed by atoms with Gasteiger partial charge in [0.15, 0.2) is 5.82 Å². The molecule has 2 aromatic heterocycles. The van der Waals surface area contributed by atoms with Crippen LogP contribution >= 0.6 is 11.6 Å². The fourth-order valence-electron chi connectivity index (χ4n) is 3.10. The summed E-state index contributed by atoms with van der Waals surface area (Å²) in [6.07, 6.45) is 3.96. The van der Waals surface area contributed by atoms with Gasteiger partial charge in [-0.15, -0.1) is 0 Å². The van der Waals surface area contributed by atoms with E-state index in [1.165, 1.54) is 6.20 Å². The van der Waals surface area contributed by atoms with Crippen LogP contribution in [0.15, 0.2) is 42.7 Å². The molecule has 26 heavy (non-hydrogen) atoms. The Balaban J connectivity index is 1.52. The average molecular weight is 370 g/mol. The molecule has 0 saturated carbocycles. The summed E-state index contributed by atoms with van der Waals surface area (Å²) in [6.45, 7) is 1.92. The van der Waals surface area contributed by atoms with Crippen molar-refractivity contribution >= 4 is 17.3 Å². The quantitative estimate of drug-likeness (QED) is 0.565. The van der Waals surface area contributed by atoms with Gasteiger partial charge in [0.25, 0.3) is 0 Å². The molecule has 5 nitrogen and oxygen atoms in total.